The van der Waals surface area contributed by atoms with E-state index in [4.69, 9.17) is 4.42 Å². The number of oxazole rings is 1. The molecule has 5 rings (SSSR count). The van der Waals surface area contributed by atoms with Gasteiger partial charge in [0, 0.05) is 46.9 Å². The molecule has 6 nitrogen and oxygen atoms in total. The Morgan fingerprint density at radius 1 is 1.00 bits per heavy atom. The Morgan fingerprint density at radius 2 is 1.85 bits per heavy atom. The Bertz CT molecular complexity index is 1550. The van der Waals surface area contributed by atoms with Crippen LogP contribution in [0.15, 0.2) is 94.5 Å². The van der Waals surface area contributed by atoms with E-state index in [-0.39, 0.29) is 11.3 Å². The van der Waals surface area contributed by atoms with Crippen LogP contribution < -0.4 is 5.56 Å². The van der Waals surface area contributed by atoms with Crippen LogP contribution >= 0.6 is 0 Å². The van der Waals surface area contributed by atoms with Crippen molar-refractivity contribution < 1.29 is 9.21 Å². The zero-order valence-corrected chi connectivity index (χ0v) is 17.8. The van der Waals surface area contributed by atoms with Crippen molar-refractivity contribution in [2.24, 2.45) is 0 Å². The van der Waals surface area contributed by atoms with E-state index in [0.29, 0.717) is 33.7 Å². The lowest BCUT2D eigenvalue weighted by atomic mass is 9.93. The number of fused-ring (bicyclic) bond motifs is 1. The van der Waals surface area contributed by atoms with E-state index in [1.165, 1.54) is 6.08 Å². The van der Waals surface area contributed by atoms with Gasteiger partial charge in [0.25, 0.3) is 5.56 Å². The lowest BCUT2D eigenvalue weighted by molar-refractivity contribution is 0.104. The molecule has 3 aromatic heterocycles. The summed E-state index contributed by atoms with van der Waals surface area (Å²) in [7, 11) is 0. The molecule has 5 aromatic rings. The molecule has 0 saturated carbocycles. The highest BCUT2D eigenvalue weighted by atomic mass is 16.4. The number of H-pyrrole nitrogens is 1. The van der Waals surface area contributed by atoms with Crippen molar-refractivity contribution in [1.29, 1.82) is 0 Å². The van der Waals surface area contributed by atoms with Gasteiger partial charge in [-0.25, -0.2) is 4.98 Å². The fourth-order valence-electron chi connectivity index (χ4n) is 3.81. The molecule has 0 amide bonds. The van der Waals surface area contributed by atoms with E-state index in [1.54, 1.807) is 43.7 Å². The van der Waals surface area contributed by atoms with Crippen LogP contribution in [-0.2, 0) is 0 Å². The van der Waals surface area contributed by atoms with E-state index >= 15 is 0 Å². The standard InChI is InChI=1S/C27H19N3O3/c1-17-29-16-24(33-17)19-10-11-22-21(14-19)25(20-8-5-13-28-15-20)26(27(32)30-22)23(31)12-9-18-6-3-2-4-7-18/h2-16H,1H3,(H,30,32)/b12-9+. The van der Waals surface area contributed by atoms with Crippen LogP contribution in [-0.4, -0.2) is 20.7 Å². The quantitative estimate of drug-likeness (QED) is 0.294. The summed E-state index contributed by atoms with van der Waals surface area (Å²) in [5, 5.41) is 0.714. The van der Waals surface area contributed by atoms with Crippen LogP contribution in [0.1, 0.15) is 21.8 Å². The van der Waals surface area contributed by atoms with Gasteiger partial charge in [-0.05, 0) is 35.9 Å². The number of allylic oxidation sites excluding steroid dienone is 1. The monoisotopic (exact) mass is 433 g/mol. The average molecular weight is 433 g/mol. The highest BCUT2D eigenvalue weighted by Crippen LogP contribution is 2.33. The number of aryl methyl sites for hydroxylation is 1. The normalized spacial score (nSPS) is 11.3. The van der Waals surface area contributed by atoms with Crippen molar-refractivity contribution in [3.05, 3.63) is 113 Å². The lowest BCUT2D eigenvalue weighted by Gasteiger charge is -2.12. The molecule has 0 atom stereocenters. The topological polar surface area (TPSA) is 88.9 Å². The van der Waals surface area contributed by atoms with E-state index in [0.717, 1.165) is 11.1 Å². The molecule has 0 fully saturated rings. The molecule has 1 N–H and O–H groups in total. The largest absolute Gasteiger partial charge is 0.441 e. The molecule has 160 valence electrons. The number of benzene rings is 2. The Labute approximate surface area is 189 Å². The first-order valence-electron chi connectivity index (χ1n) is 10.4. The Balaban J connectivity index is 1.74. The fourth-order valence-corrected chi connectivity index (χ4v) is 3.81. The second-order valence-corrected chi connectivity index (χ2v) is 7.56. The molecule has 6 heteroatoms. The summed E-state index contributed by atoms with van der Waals surface area (Å²) in [4.78, 5) is 37.6. The first kappa shape index (κ1) is 20.3. The maximum atomic E-state index is 13.3. The molecular weight excluding hydrogens is 414 g/mol. The van der Waals surface area contributed by atoms with Crippen molar-refractivity contribution >= 4 is 22.8 Å². The number of hydrogen-bond acceptors (Lipinski definition) is 5. The van der Waals surface area contributed by atoms with E-state index < -0.39 is 5.56 Å². The van der Waals surface area contributed by atoms with Gasteiger partial charge in [-0.3, -0.25) is 14.6 Å². The van der Waals surface area contributed by atoms with Crippen LogP contribution in [0.3, 0.4) is 0 Å². The van der Waals surface area contributed by atoms with Gasteiger partial charge in [0.15, 0.2) is 17.4 Å². The van der Waals surface area contributed by atoms with Crippen LogP contribution in [0.5, 0.6) is 0 Å². The molecular formula is C27H19N3O3. The van der Waals surface area contributed by atoms with E-state index in [1.807, 2.05) is 48.5 Å². The van der Waals surface area contributed by atoms with Crippen molar-refractivity contribution in [3.63, 3.8) is 0 Å². The molecule has 3 heterocycles. The summed E-state index contributed by atoms with van der Waals surface area (Å²) in [6, 6.07) is 18.6. The molecule has 0 bridgehead atoms. The summed E-state index contributed by atoms with van der Waals surface area (Å²) in [5.41, 5.74) is 3.09. The van der Waals surface area contributed by atoms with Crippen LogP contribution in [0.4, 0.5) is 0 Å². The number of hydrogen-bond donors (Lipinski definition) is 1. The van der Waals surface area contributed by atoms with Crippen molar-refractivity contribution in [2.75, 3.05) is 0 Å². The smallest absolute Gasteiger partial charge is 0.260 e. The van der Waals surface area contributed by atoms with Crippen LogP contribution in [0.2, 0.25) is 0 Å². The summed E-state index contributed by atoms with van der Waals surface area (Å²) < 4.78 is 5.68. The molecule has 0 aliphatic rings. The lowest BCUT2D eigenvalue weighted by Crippen LogP contribution is -2.18. The summed E-state index contributed by atoms with van der Waals surface area (Å²) in [6.07, 6.45) is 8.08. The SMILES string of the molecule is Cc1ncc(-c2ccc3[nH]c(=O)c(C(=O)/C=C/c4ccccc4)c(-c4cccnc4)c3c2)o1. The zero-order valence-electron chi connectivity index (χ0n) is 17.8. The second-order valence-electron chi connectivity index (χ2n) is 7.56. The maximum absolute atomic E-state index is 13.3. The Morgan fingerprint density at radius 3 is 2.58 bits per heavy atom. The predicted molar refractivity (Wildman–Crippen MR) is 128 cm³/mol. The minimum Gasteiger partial charge on any atom is -0.441 e. The molecule has 0 aliphatic heterocycles. The van der Waals surface area contributed by atoms with E-state index in [9.17, 15) is 9.59 Å². The third-order valence-corrected chi connectivity index (χ3v) is 5.34. The van der Waals surface area contributed by atoms with Gasteiger partial charge in [-0.15, -0.1) is 0 Å². The number of aromatic nitrogens is 3. The number of ketones is 1. The zero-order chi connectivity index (χ0) is 22.8. The summed E-state index contributed by atoms with van der Waals surface area (Å²) in [5.74, 6) is 0.775. The van der Waals surface area contributed by atoms with Gasteiger partial charge < -0.3 is 9.40 Å². The molecule has 0 unspecified atom stereocenters. The van der Waals surface area contributed by atoms with Gasteiger partial charge in [0.05, 0.1) is 11.8 Å². The van der Waals surface area contributed by atoms with Gasteiger partial charge in [0.1, 0.15) is 0 Å². The highest BCUT2D eigenvalue weighted by Gasteiger charge is 2.20. The van der Waals surface area contributed by atoms with Crippen LogP contribution in [0, 0.1) is 6.92 Å². The molecule has 0 spiro atoms. The minimum atomic E-state index is -0.452. The van der Waals surface area contributed by atoms with E-state index in [2.05, 4.69) is 15.0 Å². The second kappa shape index (κ2) is 8.51. The van der Waals surface area contributed by atoms with Gasteiger partial charge in [0.2, 0.25) is 0 Å². The predicted octanol–water partition coefficient (Wildman–Crippen LogP) is 5.45. The molecule has 0 saturated heterocycles. The number of rotatable bonds is 5. The first-order chi connectivity index (χ1) is 16.1. The van der Waals surface area contributed by atoms with Crippen molar-refractivity contribution in [2.45, 2.75) is 6.92 Å². The molecule has 0 radical (unpaired) electrons. The third kappa shape index (κ3) is 4.02. The summed E-state index contributed by atoms with van der Waals surface area (Å²) in [6.45, 7) is 1.78. The number of aromatic amines is 1. The highest BCUT2D eigenvalue weighted by molar-refractivity contribution is 6.15. The van der Waals surface area contributed by atoms with Crippen LogP contribution in [0.25, 0.3) is 39.4 Å². The maximum Gasteiger partial charge on any atom is 0.260 e. The Hall–Kier alpha value is -4.58. The van der Waals surface area contributed by atoms with Crippen molar-refractivity contribution in [3.8, 4) is 22.5 Å². The van der Waals surface area contributed by atoms with Gasteiger partial charge >= 0.3 is 0 Å². The summed E-state index contributed by atoms with van der Waals surface area (Å²) >= 11 is 0. The fraction of sp³-hybridized carbons (Fsp3) is 0.0370. The van der Waals surface area contributed by atoms with Gasteiger partial charge in [-0.2, -0.15) is 0 Å². The number of carbonyl (C=O) groups is 1. The molecule has 33 heavy (non-hydrogen) atoms. The van der Waals surface area contributed by atoms with Gasteiger partial charge in [-0.1, -0.05) is 42.5 Å². The number of pyridine rings is 2. The Kier molecular flexibility index (Phi) is 5.24. The molecule has 0 aliphatic carbocycles. The molecule has 2 aromatic carbocycles. The van der Waals surface area contributed by atoms with Crippen molar-refractivity contribution in [1.82, 2.24) is 15.0 Å². The minimum absolute atomic E-state index is 0.0635. The number of nitrogens with one attached hydrogen (secondary N) is 1. The number of carbonyl (C=O) groups excluding carboxylic acids is 1. The first-order valence-corrected chi connectivity index (χ1v) is 10.4. The third-order valence-electron chi connectivity index (χ3n) is 5.34. The average Bonchev–Trinajstić information content (AvgIpc) is 3.29. The number of nitrogens with zero attached hydrogens (tertiary/aromatic N) is 2.